The standard InChI is InChI=1S/C30H39FN4O/c1-4-5-11-27(36)20-34(18-23(2)3)22-29-28-21-33(19-24-12-14-25(31)15-13-24)17-16-30(28)35(32-29)26-9-7-6-8-10-26/h4,6-10,12-15,23,27,36H,1,5,11,16-22H2,2-3H3. The Labute approximate surface area is 214 Å². The first-order valence-electron chi connectivity index (χ1n) is 13.1. The third kappa shape index (κ3) is 6.90. The number of aliphatic hydroxyl groups excluding tert-OH is 1. The van der Waals surface area contributed by atoms with Gasteiger partial charge in [-0.25, -0.2) is 9.07 Å². The van der Waals surface area contributed by atoms with Crippen molar-refractivity contribution in [3.05, 3.63) is 95.6 Å². The van der Waals surface area contributed by atoms with Crippen LogP contribution in [-0.2, 0) is 26.1 Å². The molecule has 0 aliphatic carbocycles. The van der Waals surface area contributed by atoms with Crippen LogP contribution in [0.2, 0.25) is 0 Å². The average Bonchev–Trinajstić information content (AvgIpc) is 3.22. The first-order valence-corrected chi connectivity index (χ1v) is 13.1. The molecule has 0 amide bonds. The summed E-state index contributed by atoms with van der Waals surface area (Å²) in [5, 5.41) is 15.8. The van der Waals surface area contributed by atoms with E-state index in [1.165, 1.54) is 23.4 Å². The maximum Gasteiger partial charge on any atom is 0.123 e. The third-order valence-electron chi connectivity index (χ3n) is 6.71. The van der Waals surface area contributed by atoms with Gasteiger partial charge in [-0.3, -0.25) is 9.80 Å². The number of aliphatic hydroxyl groups is 1. The van der Waals surface area contributed by atoms with Crippen molar-refractivity contribution in [2.24, 2.45) is 5.92 Å². The molecule has 1 aromatic heterocycles. The van der Waals surface area contributed by atoms with E-state index in [-0.39, 0.29) is 11.9 Å². The number of hydrogen-bond acceptors (Lipinski definition) is 4. The molecule has 4 rings (SSSR count). The number of rotatable bonds is 12. The van der Waals surface area contributed by atoms with Crippen molar-refractivity contribution in [2.75, 3.05) is 19.6 Å². The van der Waals surface area contributed by atoms with E-state index in [4.69, 9.17) is 5.10 Å². The maximum atomic E-state index is 13.4. The van der Waals surface area contributed by atoms with Crippen LogP contribution in [0.4, 0.5) is 4.39 Å². The van der Waals surface area contributed by atoms with Crippen LogP contribution in [0.3, 0.4) is 0 Å². The molecule has 192 valence electrons. The summed E-state index contributed by atoms with van der Waals surface area (Å²) in [7, 11) is 0. The van der Waals surface area contributed by atoms with Crippen molar-refractivity contribution in [3.8, 4) is 5.69 Å². The lowest BCUT2D eigenvalue weighted by Crippen LogP contribution is -2.36. The van der Waals surface area contributed by atoms with Gasteiger partial charge in [-0.05, 0) is 48.6 Å². The summed E-state index contributed by atoms with van der Waals surface area (Å²) < 4.78 is 15.5. The number of benzene rings is 2. The Morgan fingerprint density at radius 1 is 1.11 bits per heavy atom. The molecule has 5 nitrogen and oxygen atoms in total. The molecule has 0 saturated carbocycles. The zero-order valence-corrected chi connectivity index (χ0v) is 21.6. The topological polar surface area (TPSA) is 44.5 Å². The van der Waals surface area contributed by atoms with Gasteiger partial charge in [-0.2, -0.15) is 5.10 Å². The molecule has 1 atom stereocenters. The van der Waals surface area contributed by atoms with E-state index in [0.29, 0.717) is 19.0 Å². The molecule has 6 heteroatoms. The molecule has 0 fully saturated rings. The Bertz CT molecular complexity index is 1110. The van der Waals surface area contributed by atoms with Gasteiger partial charge in [0.15, 0.2) is 0 Å². The van der Waals surface area contributed by atoms with Crippen LogP contribution < -0.4 is 0 Å². The van der Waals surface area contributed by atoms with Gasteiger partial charge in [-0.1, -0.05) is 50.3 Å². The fourth-order valence-electron chi connectivity index (χ4n) is 5.07. The number of nitrogens with zero attached hydrogens (tertiary/aromatic N) is 4. The highest BCUT2D eigenvalue weighted by Crippen LogP contribution is 2.28. The average molecular weight is 491 g/mol. The first-order chi connectivity index (χ1) is 17.4. The number of allylic oxidation sites excluding steroid dienone is 1. The van der Waals surface area contributed by atoms with Crippen LogP contribution in [-0.4, -0.2) is 50.4 Å². The summed E-state index contributed by atoms with van der Waals surface area (Å²) in [6.45, 7) is 13.0. The molecule has 3 aromatic rings. The van der Waals surface area contributed by atoms with Gasteiger partial charge < -0.3 is 5.11 Å². The Kier molecular flexibility index (Phi) is 9.08. The molecule has 1 aliphatic rings. The van der Waals surface area contributed by atoms with Gasteiger partial charge in [0.1, 0.15) is 5.82 Å². The highest BCUT2D eigenvalue weighted by Gasteiger charge is 2.27. The van der Waals surface area contributed by atoms with E-state index in [1.807, 2.05) is 36.4 Å². The van der Waals surface area contributed by atoms with E-state index in [0.717, 1.165) is 62.4 Å². The minimum absolute atomic E-state index is 0.202. The van der Waals surface area contributed by atoms with Crippen LogP contribution in [0.25, 0.3) is 5.69 Å². The highest BCUT2D eigenvalue weighted by molar-refractivity contribution is 5.39. The first kappa shape index (κ1) is 26.3. The van der Waals surface area contributed by atoms with Gasteiger partial charge in [0.05, 0.1) is 23.2 Å². The third-order valence-corrected chi connectivity index (χ3v) is 6.71. The lowest BCUT2D eigenvalue weighted by atomic mass is 10.0. The Morgan fingerprint density at radius 3 is 2.56 bits per heavy atom. The van der Waals surface area contributed by atoms with Crippen LogP contribution in [0.1, 0.15) is 49.2 Å². The summed E-state index contributed by atoms with van der Waals surface area (Å²) in [6, 6.07) is 17.1. The molecular formula is C30H39FN4O. The lowest BCUT2D eigenvalue weighted by Gasteiger charge is -2.29. The summed E-state index contributed by atoms with van der Waals surface area (Å²) in [4.78, 5) is 4.76. The Hall–Kier alpha value is -2.80. The smallest absolute Gasteiger partial charge is 0.123 e. The molecule has 1 unspecified atom stereocenters. The van der Waals surface area contributed by atoms with E-state index in [9.17, 15) is 9.50 Å². The highest BCUT2D eigenvalue weighted by atomic mass is 19.1. The number of aromatic nitrogens is 2. The second-order valence-electron chi connectivity index (χ2n) is 10.3. The fraction of sp³-hybridized carbons (Fsp3) is 0.433. The van der Waals surface area contributed by atoms with Gasteiger partial charge in [-0.15, -0.1) is 6.58 Å². The molecule has 1 N–H and O–H groups in total. The van der Waals surface area contributed by atoms with Crippen molar-refractivity contribution in [3.63, 3.8) is 0 Å². The lowest BCUT2D eigenvalue weighted by molar-refractivity contribution is 0.0946. The molecule has 2 heterocycles. The molecule has 1 aliphatic heterocycles. The quantitative estimate of drug-likeness (QED) is 0.348. The van der Waals surface area contributed by atoms with E-state index in [2.05, 4.69) is 47.0 Å². The van der Waals surface area contributed by atoms with E-state index < -0.39 is 0 Å². The Balaban J connectivity index is 1.60. The Morgan fingerprint density at radius 2 is 1.86 bits per heavy atom. The molecule has 0 radical (unpaired) electrons. The molecule has 0 saturated heterocycles. The van der Waals surface area contributed by atoms with Crippen molar-refractivity contribution in [2.45, 2.75) is 58.8 Å². The summed E-state index contributed by atoms with van der Waals surface area (Å²) in [6.07, 6.45) is 3.92. The molecule has 2 aromatic carbocycles. The van der Waals surface area contributed by atoms with Gasteiger partial charge in [0.2, 0.25) is 0 Å². The summed E-state index contributed by atoms with van der Waals surface area (Å²) >= 11 is 0. The number of fused-ring (bicyclic) bond motifs is 1. The molecule has 0 spiro atoms. The molecule has 36 heavy (non-hydrogen) atoms. The van der Waals surface area contributed by atoms with Gasteiger partial charge in [0, 0.05) is 51.3 Å². The van der Waals surface area contributed by atoms with Crippen molar-refractivity contribution < 1.29 is 9.50 Å². The van der Waals surface area contributed by atoms with Gasteiger partial charge in [0.25, 0.3) is 0 Å². The predicted octanol–water partition coefficient (Wildman–Crippen LogP) is 5.35. The van der Waals surface area contributed by atoms with Crippen molar-refractivity contribution in [1.29, 1.82) is 0 Å². The largest absolute Gasteiger partial charge is 0.392 e. The normalized spacial score (nSPS) is 14.8. The number of para-hydroxylation sites is 1. The van der Waals surface area contributed by atoms with Crippen LogP contribution >= 0.6 is 0 Å². The minimum atomic E-state index is -0.385. The zero-order chi connectivity index (χ0) is 25.5. The minimum Gasteiger partial charge on any atom is -0.392 e. The summed E-state index contributed by atoms with van der Waals surface area (Å²) in [5.74, 6) is 0.283. The van der Waals surface area contributed by atoms with E-state index >= 15 is 0 Å². The van der Waals surface area contributed by atoms with Crippen LogP contribution in [0.15, 0.2) is 67.3 Å². The van der Waals surface area contributed by atoms with Crippen LogP contribution in [0, 0.1) is 11.7 Å². The maximum absolute atomic E-state index is 13.4. The molecule has 0 bridgehead atoms. The zero-order valence-electron chi connectivity index (χ0n) is 21.6. The monoisotopic (exact) mass is 490 g/mol. The van der Waals surface area contributed by atoms with Crippen molar-refractivity contribution >= 4 is 0 Å². The van der Waals surface area contributed by atoms with Crippen molar-refractivity contribution in [1.82, 2.24) is 19.6 Å². The SMILES string of the molecule is C=CCCC(O)CN(Cc1nn(-c2ccccc2)c2c1CN(Cc1ccc(F)cc1)CC2)CC(C)C. The van der Waals surface area contributed by atoms with Crippen LogP contribution in [0.5, 0.6) is 0 Å². The summed E-state index contributed by atoms with van der Waals surface area (Å²) in [5.41, 5.74) is 5.82. The predicted molar refractivity (Wildman–Crippen MR) is 143 cm³/mol. The van der Waals surface area contributed by atoms with Gasteiger partial charge >= 0.3 is 0 Å². The second kappa shape index (κ2) is 12.4. The number of halogens is 1. The second-order valence-corrected chi connectivity index (χ2v) is 10.3. The molecular weight excluding hydrogens is 451 g/mol. The fourth-order valence-corrected chi connectivity index (χ4v) is 5.07. The van der Waals surface area contributed by atoms with E-state index in [1.54, 1.807) is 0 Å². The number of hydrogen-bond donors (Lipinski definition) is 1.